The minimum absolute atomic E-state index is 0.106. The van der Waals surface area contributed by atoms with E-state index in [-0.39, 0.29) is 17.6 Å². The number of carbonyl (C=O) groups excluding carboxylic acids is 1. The molecule has 1 aromatic heterocycles. The molecule has 0 aliphatic rings. The number of hydrogen-bond acceptors (Lipinski definition) is 3. The van der Waals surface area contributed by atoms with Crippen molar-refractivity contribution in [3.8, 4) is 6.07 Å². The van der Waals surface area contributed by atoms with E-state index in [2.05, 4.69) is 10.3 Å². The van der Waals surface area contributed by atoms with Gasteiger partial charge in [-0.2, -0.15) is 5.26 Å². The molecule has 0 saturated carbocycles. The van der Waals surface area contributed by atoms with E-state index in [4.69, 9.17) is 28.5 Å². The number of H-pyrrole nitrogens is 1. The molecule has 0 saturated heterocycles. The smallest absolute Gasteiger partial charge is 0.230 e. The maximum Gasteiger partial charge on any atom is 0.230 e. The molecule has 4 nitrogen and oxygen atoms in total. The summed E-state index contributed by atoms with van der Waals surface area (Å²) >= 11 is 13.8. The van der Waals surface area contributed by atoms with Crippen LogP contribution in [0, 0.1) is 11.3 Å². The van der Waals surface area contributed by atoms with Crippen LogP contribution in [0.15, 0.2) is 48.7 Å². The van der Waals surface area contributed by atoms with Crippen LogP contribution in [0.3, 0.4) is 0 Å². The fourth-order valence-electron chi connectivity index (χ4n) is 3.01. The van der Waals surface area contributed by atoms with Gasteiger partial charge in [-0.25, -0.2) is 0 Å². The summed E-state index contributed by atoms with van der Waals surface area (Å²) in [5.41, 5.74) is 2.98. The van der Waals surface area contributed by atoms with Crippen molar-refractivity contribution < 1.29 is 4.79 Å². The molecule has 0 spiro atoms. The van der Waals surface area contributed by atoms with Gasteiger partial charge in [0.25, 0.3) is 0 Å². The molecule has 7 heteroatoms. The summed E-state index contributed by atoms with van der Waals surface area (Å²) in [7, 11) is 0. The van der Waals surface area contributed by atoms with Crippen molar-refractivity contribution in [2.24, 2.45) is 0 Å². The molecule has 0 bridgehead atoms. The molecule has 0 aliphatic heterocycles. The molecule has 2 N–H and O–H groups in total. The number of aromatic amines is 1. The average Bonchev–Trinajstić information content (AvgIpc) is 3.08. The van der Waals surface area contributed by atoms with Crippen LogP contribution in [0.2, 0.25) is 10.0 Å². The minimum Gasteiger partial charge on any atom is -0.361 e. The molecule has 1 unspecified atom stereocenters. The Morgan fingerprint density at radius 1 is 1.22 bits per heavy atom. The third-order valence-electron chi connectivity index (χ3n) is 4.24. The number of nitriles is 1. The van der Waals surface area contributed by atoms with Crippen molar-refractivity contribution in [3.05, 3.63) is 69.8 Å². The first-order valence-corrected chi connectivity index (χ1v) is 10.2. The molecule has 1 amide bonds. The number of carbonyl (C=O) groups is 1. The molecule has 27 heavy (non-hydrogen) atoms. The van der Waals surface area contributed by atoms with E-state index in [0.29, 0.717) is 22.3 Å². The van der Waals surface area contributed by atoms with Crippen molar-refractivity contribution in [1.82, 2.24) is 10.3 Å². The van der Waals surface area contributed by atoms with Gasteiger partial charge in [-0.05, 0) is 29.3 Å². The second-order valence-corrected chi connectivity index (χ2v) is 7.79. The fourth-order valence-corrected chi connectivity index (χ4v) is 4.03. The van der Waals surface area contributed by atoms with Crippen molar-refractivity contribution in [3.63, 3.8) is 0 Å². The Morgan fingerprint density at radius 2 is 2.04 bits per heavy atom. The lowest BCUT2D eigenvalue weighted by Gasteiger charge is -2.19. The molecular formula is C20H17Cl2N3OS. The van der Waals surface area contributed by atoms with Crippen LogP contribution in [-0.4, -0.2) is 28.9 Å². The first kappa shape index (κ1) is 19.6. The summed E-state index contributed by atoms with van der Waals surface area (Å²) in [5, 5.41) is 13.8. The standard InChI is InChI=1S/C20H17Cl2N3OS/c21-13-5-6-14(18(22)9-13)16(11-25-20(26)12-27-8-7-23)17-10-24-19-4-2-1-3-15(17)19/h1-6,9-10,16,24H,8,11-12H2,(H,25,26). The zero-order chi connectivity index (χ0) is 19.2. The van der Waals surface area contributed by atoms with Gasteiger partial charge in [0.05, 0.1) is 17.6 Å². The van der Waals surface area contributed by atoms with Crippen molar-refractivity contribution in [2.75, 3.05) is 18.1 Å². The summed E-state index contributed by atoms with van der Waals surface area (Å²) in [4.78, 5) is 15.4. The van der Waals surface area contributed by atoms with Crippen LogP contribution in [0.25, 0.3) is 10.9 Å². The molecule has 3 aromatic rings. The van der Waals surface area contributed by atoms with Gasteiger partial charge < -0.3 is 10.3 Å². The predicted octanol–water partition coefficient (Wildman–Crippen LogP) is 4.98. The van der Waals surface area contributed by atoms with E-state index >= 15 is 0 Å². The van der Waals surface area contributed by atoms with Gasteiger partial charge in [0.1, 0.15) is 0 Å². The third-order valence-corrected chi connectivity index (χ3v) is 5.60. The summed E-state index contributed by atoms with van der Waals surface area (Å²) < 4.78 is 0. The summed E-state index contributed by atoms with van der Waals surface area (Å²) in [5.74, 6) is 0.311. The number of nitrogens with zero attached hydrogens (tertiary/aromatic N) is 1. The van der Waals surface area contributed by atoms with Crippen molar-refractivity contribution in [2.45, 2.75) is 5.92 Å². The highest BCUT2D eigenvalue weighted by Gasteiger charge is 2.21. The highest BCUT2D eigenvalue weighted by atomic mass is 35.5. The number of thioether (sulfide) groups is 1. The Morgan fingerprint density at radius 3 is 2.81 bits per heavy atom. The van der Waals surface area contributed by atoms with Gasteiger partial charge in [0.2, 0.25) is 5.91 Å². The Hall–Kier alpha value is -2.13. The van der Waals surface area contributed by atoms with E-state index < -0.39 is 0 Å². The molecule has 1 heterocycles. The number of nitrogens with one attached hydrogen (secondary N) is 2. The van der Waals surface area contributed by atoms with Crippen LogP contribution in [-0.2, 0) is 4.79 Å². The molecule has 3 rings (SSSR count). The lowest BCUT2D eigenvalue weighted by molar-refractivity contribution is -0.118. The van der Waals surface area contributed by atoms with E-state index in [1.807, 2.05) is 42.6 Å². The summed E-state index contributed by atoms with van der Waals surface area (Å²) in [6, 6.07) is 15.4. The van der Waals surface area contributed by atoms with Gasteiger partial charge in [-0.3, -0.25) is 4.79 Å². The van der Waals surface area contributed by atoms with Gasteiger partial charge in [-0.1, -0.05) is 47.5 Å². The molecule has 138 valence electrons. The Bertz CT molecular complexity index is 996. The first-order valence-electron chi connectivity index (χ1n) is 8.32. The SMILES string of the molecule is N#CCSCC(=O)NCC(c1ccc(Cl)cc1Cl)c1c[nH]c2ccccc12. The number of aromatic nitrogens is 1. The Kier molecular flexibility index (Phi) is 6.68. The normalized spacial score (nSPS) is 11.9. The van der Waals surface area contributed by atoms with Crippen LogP contribution >= 0.6 is 35.0 Å². The maximum atomic E-state index is 12.1. The van der Waals surface area contributed by atoms with Crippen LogP contribution in [0.1, 0.15) is 17.0 Å². The number of halogens is 2. The second kappa shape index (κ2) is 9.18. The van der Waals surface area contributed by atoms with Gasteiger partial charge >= 0.3 is 0 Å². The molecule has 0 fully saturated rings. The minimum atomic E-state index is -0.129. The number of para-hydroxylation sites is 1. The van der Waals surface area contributed by atoms with Crippen molar-refractivity contribution in [1.29, 1.82) is 5.26 Å². The number of amides is 1. The average molecular weight is 418 g/mol. The topological polar surface area (TPSA) is 68.7 Å². The lowest BCUT2D eigenvalue weighted by Crippen LogP contribution is -2.30. The highest BCUT2D eigenvalue weighted by molar-refractivity contribution is 8.00. The lowest BCUT2D eigenvalue weighted by atomic mass is 9.90. The molecule has 0 aliphatic carbocycles. The first-order chi connectivity index (χ1) is 13.1. The number of hydrogen-bond donors (Lipinski definition) is 2. The molecule has 0 radical (unpaired) electrons. The molecule has 2 aromatic carbocycles. The van der Waals surface area contributed by atoms with E-state index in [1.165, 1.54) is 11.8 Å². The summed E-state index contributed by atoms with van der Waals surface area (Å²) in [6.07, 6.45) is 1.96. The zero-order valence-electron chi connectivity index (χ0n) is 14.3. The molecular weight excluding hydrogens is 401 g/mol. The van der Waals surface area contributed by atoms with E-state index in [9.17, 15) is 4.79 Å². The van der Waals surface area contributed by atoms with Gasteiger partial charge in [-0.15, -0.1) is 11.8 Å². The van der Waals surface area contributed by atoms with Gasteiger partial charge in [0, 0.05) is 39.6 Å². The third kappa shape index (κ3) is 4.78. The largest absolute Gasteiger partial charge is 0.361 e. The van der Waals surface area contributed by atoms with Crippen molar-refractivity contribution >= 4 is 51.8 Å². The van der Waals surface area contributed by atoms with E-state index in [1.54, 1.807) is 12.1 Å². The van der Waals surface area contributed by atoms with E-state index in [0.717, 1.165) is 22.0 Å². The predicted molar refractivity (Wildman–Crippen MR) is 113 cm³/mol. The monoisotopic (exact) mass is 417 g/mol. The van der Waals surface area contributed by atoms with Crippen LogP contribution in [0.4, 0.5) is 0 Å². The number of fused-ring (bicyclic) bond motifs is 1. The Balaban J connectivity index is 1.90. The number of rotatable bonds is 7. The number of benzene rings is 2. The van der Waals surface area contributed by atoms with Crippen LogP contribution < -0.4 is 5.32 Å². The quantitative estimate of drug-likeness (QED) is 0.532. The molecule has 1 atom stereocenters. The Labute approximate surface area is 171 Å². The fraction of sp³-hybridized carbons (Fsp3) is 0.200. The second-order valence-electron chi connectivity index (χ2n) is 5.96. The summed E-state index contributed by atoms with van der Waals surface area (Å²) in [6.45, 7) is 0.398. The van der Waals surface area contributed by atoms with Gasteiger partial charge in [0.15, 0.2) is 0 Å². The maximum absolute atomic E-state index is 12.1. The highest BCUT2D eigenvalue weighted by Crippen LogP contribution is 2.35. The zero-order valence-corrected chi connectivity index (χ0v) is 16.7. The van der Waals surface area contributed by atoms with Crippen LogP contribution in [0.5, 0.6) is 0 Å².